The molecule has 0 aliphatic rings. The number of nitro groups is 1. The summed E-state index contributed by atoms with van der Waals surface area (Å²) in [5.41, 5.74) is 0.771. The molecule has 8 heteroatoms. The van der Waals surface area contributed by atoms with Crippen LogP contribution in [-0.4, -0.2) is 24.5 Å². The highest BCUT2D eigenvalue weighted by molar-refractivity contribution is 5.79. The van der Waals surface area contributed by atoms with Crippen molar-refractivity contribution >= 4 is 22.4 Å². The molecule has 2 aromatic heterocycles. The van der Waals surface area contributed by atoms with E-state index in [4.69, 9.17) is 0 Å². The first kappa shape index (κ1) is 12.3. The number of fused-ring (bicyclic) bond motifs is 3. The normalized spacial score (nSPS) is 11.2. The van der Waals surface area contributed by atoms with Gasteiger partial charge in [0.15, 0.2) is 0 Å². The summed E-state index contributed by atoms with van der Waals surface area (Å²) < 4.78 is 1.65. The highest BCUT2D eigenvalue weighted by Crippen LogP contribution is 2.19. The topological polar surface area (TPSA) is 106 Å². The van der Waals surface area contributed by atoms with Gasteiger partial charge in [-0.1, -0.05) is 6.92 Å². The fourth-order valence-corrected chi connectivity index (χ4v) is 2.21. The Labute approximate surface area is 112 Å². The number of rotatable bonds is 3. The molecule has 1 aromatic carbocycles. The van der Waals surface area contributed by atoms with Crippen LogP contribution in [0, 0.1) is 10.1 Å². The second-order valence-corrected chi connectivity index (χ2v) is 4.44. The lowest BCUT2D eigenvalue weighted by Crippen LogP contribution is -2.12. The van der Waals surface area contributed by atoms with Gasteiger partial charge in [-0.2, -0.15) is 0 Å². The van der Waals surface area contributed by atoms with E-state index < -0.39 is 10.5 Å². The molecule has 1 N–H and O–H groups in total. The Morgan fingerprint density at radius 2 is 2.20 bits per heavy atom. The molecule has 2 heterocycles. The van der Waals surface area contributed by atoms with Gasteiger partial charge in [-0.25, -0.2) is 0 Å². The minimum Gasteiger partial charge on any atom is -0.317 e. The Morgan fingerprint density at radius 3 is 2.90 bits per heavy atom. The summed E-state index contributed by atoms with van der Waals surface area (Å²) in [6, 6.07) is 4.33. The van der Waals surface area contributed by atoms with Crippen molar-refractivity contribution in [3.63, 3.8) is 0 Å². The number of benzene rings is 1. The summed E-state index contributed by atoms with van der Waals surface area (Å²) in [6.07, 6.45) is 1.54. The lowest BCUT2D eigenvalue weighted by atomic mass is 10.2. The highest BCUT2D eigenvalue weighted by Gasteiger charge is 2.14. The van der Waals surface area contributed by atoms with E-state index in [1.807, 2.05) is 6.92 Å². The molecular formula is C12H11N5O3. The van der Waals surface area contributed by atoms with E-state index in [-0.39, 0.29) is 11.3 Å². The third-order valence-corrected chi connectivity index (χ3v) is 3.09. The summed E-state index contributed by atoms with van der Waals surface area (Å²) in [5, 5.41) is 18.7. The molecule has 0 amide bonds. The Hall–Kier alpha value is -2.77. The minimum atomic E-state index is -0.499. The van der Waals surface area contributed by atoms with Crippen molar-refractivity contribution in [2.24, 2.45) is 0 Å². The summed E-state index contributed by atoms with van der Waals surface area (Å²) in [6.45, 7) is 2.00. The molecule has 20 heavy (non-hydrogen) atoms. The van der Waals surface area contributed by atoms with Crippen molar-refractivity contribution in [3.8, 4) is 0 Å². The number of aryl methyl sites for hydroxylation is 1. The molecule has 0 aliphatic heterocycles. The lowest BCUT2D eigenvalue weighted by molar-refractivity contribution is -0.384. The van der Waals surface area contributed by atoms with Crippen LogP contribution in [0.5, 0.6) is 0 Å². The number of aromatic amines is 1. The largest absolute Gasteiger partial charge is 0.317 e. The lowest BCUT2D eigenvalue weighted by Gasteiger charge is -2.03. The van der Waals surface area contributed by atoms with Crippen molar-refractivity contribution in [2.75, 3.05) is 0 Å². The molecule has 3 rings (SSSR count). The SMILES string of the molecule is CCCc1nnc2c(=O)[nH]c3cc([N+](=O)[O-])ccc3n12. The van der Waals surface area contributed by atoms with Crippen LogP contribution < -0.4 is 5.56 Å². The zero-order chi connectivity index (χ0) is 14.3. The molecule has 0 saturated carbocycles. The molecule has 0 fully saturated rings. The summed E-state index contributed by atoms with van der Waals surface area (Å²) in [4.78, 5) is 24.8. The summed E-state index contributed by atoms with van der Waals surface area (Å²) in [7, 11) is 0. The van der Waals surface area contributed by atoms with Gasteiger partial charge in [-0.3, -0.25) is 19.3 Å². The van der Waals surface area contributed by atoms with E-state index in [1.54, 1.807) is 10.5 Å². The van der Waals surface area contributed by atoms with Gasteiger partial charge in [0.25, 0.3) is 11.2 Å². The maximum absolute atomic E-state index is 11.9. The van der Waals surface area contributed by atoms with Gasteiger partial charge < -0.3 is 4.98 Å². The van der Waals surface area contributed by atoms with E-state index in [1.165, 1.54) is 12.1 Å². The number of nitrogens with one attached hydrogen (secondary N) is 1. The fraction of sp³-hybridized carbons (Fsp3) is 0.250. The first-order valence-electron chi connectivity index (χ1n) is 6.16. The Morgan fingerprint density at radius 1 is 1.40 bits per heavy atom. The van der Waals surface area contributed by atoms with Crippen LogP contribution in [0.2, 0.25) is 0 Å². The number of hydrogen-bond acceptors (Lipinski definition) is 5. The van der Waals surface area contributed by atoms with E-state index in [0.717, 1.165) is 6.42 Å². The van der Waals surface area contributed by atoms with Gasteiger partial charge in [0.05, 0.1) is 16.0 Å². The Kier molecular flexibility index (Phi) is 2.70. The van der Waals surface area contributed by atoms with Gasteiger partial charge >= 0.3 is 0 Å². The molecule has 0 aliphatic carbocycles. The second kappa shape index (κ2) is 4.41. The first-order valence-corrected chi connectivity index (χ1v) is 6.16. The van der Waals surface area contributed by atoms with Crippen LogP contribution in [0.1, 0.15) is 19.2 Å². The van der Waals surface area contributed by atoms with Crippen LogP contribution in [0.25, 0.3) is 16.7 Å². The minimum absolute atomic E-state index is 0.0717. The van der Waals surface area contributed by atoms with Crippen molar-refractivity contribution < 1.29 is 4.92 Å². The summed E-state index contributed by atoms with van der Waals surface area (Å²) >= 11 is 0. The molecule has 8 nitrogen and oxygen atoms in total. The van der Waals surface area contributed by atoms with Crippen molar-refractivity contribution in [1.29, 1.82) is 0 Å². The van der Waals surface area contributed by atoms with E-state index in [2.05, 4.69) is 15.2 Å². The zero-order valence-corrected chi connectivity index (χ0v) is 10.7. The first-order chi connectivity index (χ1) is 9.61. The predicted molar refractivity (Wildman–Crippen MR) is 71.8 cm³/mol. The Bertz CT molecular complexity index is 880. The smallest absolute Gasteiger partial charge is 0.294 e. The van der Waals surface area contributed by atoms with Crippen LogP contribution in [0.15, 0.2) is 23.0 Å². The molecular weight excluding hydrogens is 262 g/mol. The molecule has 0 saturated heterocycles. The van der Waals surface area contributed by atoms with Crippen molar-refractivity contribution in [1.82, 2.24) is 19.6 Å². The van der Waals surface area contributed by atoms with Gasteiger partial charge in [-0.15, -0.1) is 10.2 Å². The zero-order valence-electron chi connectivity index (χ0n) is 10.7. The van der Waals surface area contributed by atoms with E-state index >= 15 is 0 Å². The highest BCUT2D eigenvalue weighted by atomic mass is 16.6. The van der Waals surface area contributed by atoms with Gasteiger partial charge in [0.2, 0.25) is 5.65 Å². The van der Waals surface area contributed by atoms with Crippen molar-refractivity contribution in [3.05, 3.63) is 44.5 Å². The second-order valence-electron chi connectivity index (χ2n) is 4.44. The number of H-pyrrole nitrogens is 1. The maximum Gasteiger partial charge on any atom is 0.294 e. The van der Waals surface area contributed by atoms with Gasteiger partial charge in [-0.05, 0) is 12.5 Å². The average Bonchev–Trinajstić information content (AvgIpc) is 2.83. The summed E-state index contributed by atoms with van der Waals surface area (Å²) in [5.74, 6) is 0.674. The average molecular weight is 273 g/mol. The standard InChI is InChI=1S/C12H11N5O3/c1-2-3-10-14-15-11-12(18)13-8-6-7(17(19)20)4-5-9(8)16(10)11/h4-6H,2-3H2,1H3,(H,13,18). The fourth-order valence-electron chi connectivity index (χ4n) is 2.21. The number of non-ortho nitro benzene ring substituents is 1. The number of hydrogen-bond donors (Lipinski definition) is 1. The molecule has 102 valence electrons. The predicted octanol–water partition coefficient (Wildman–Crippen LogP) is 1.43. The number of nitro benzene ring substituents is 1. The number of aromatic nitrogens is 4. The molecule has 0 spiro atoms. The maximum atomic E-state index is 11.9. The molecule has 3 aromatic rings. The monoisotopic (exact) mass is 273 g/mol. The van der Waals surface area contributed by atoms with Crippen LogP contribution in [-0.2, 0) is 6.42 Å². The third kappa shape index (κ3) is 1.73. The molecule has 0 radical (unpaired) electrons. The molecule has 0 atom stereocenters. The van der Waals surface area contributed by atoms with E-state index in [0.29, 0.717) is 23.3 Å². The van der Waals surface area contributed by atoms with Crippen LogP contribution in [0.4, 0.5) is 5.69 Å². The number of nitrogens with zero attached hydrogens (tertiary/aromatic N) is 4. The quantitative estimate of drug-likeness (QED) is 0.574. The molecule has 0 bridgehead atoms. The van der Waals surface area contributed by atoms with Gasteiger partial charge in [0, 0.05) is 18.6 Å². The third-order valence-electron chi connectivity index (χ3n) is 3.09. The Balaban J connectivity index is 2.42. The van der Waals surface area contributed by atoms with Crippen LogP contribution in [0.3, 0.4) is 0 Å². The molecule has 0 unspecified atom stereocenters. The van der Waals surface area contributed by atoms with Crippen LogP contribution >= 0.6 is 0 Å². The van der Waals surface area contributed by atoms with E-state index in [9.17, 15) is 14.9 Å². The van der Waals surface area contributed by atoms with Crippen molar-refractivity contribution in [2.45, 2.75) is 19.8 Å². The van der Waals surface area contributed by atoms with Gasteiger partial charge in [0.1, 0.15) is 5.82 Å².